The second-order valence-electron chi connectivity index (χ2n) is 10.5. The van der Waals surface area contributed by atoms with Crippen molar-refractivity contribution in [2.75, 3.05) is 0 Å². The highest BCUT2D eigenvalue weighted by molar-refractivity contribution is 5.80. The standard InChI is InChI=1S/3C9H12O/c3*1-6(10)9-5-7-2-3-8(9)4-7/h3*2-3,7-9H,4-5H2,1H3. The van der Waals surface area contributed by atoms with E-state index in [1.807, 2.05) is 0 Å². The van der Waals surface area contributed by atoms with E-state index < -0.39 is 0 Å². The van der Waals surface area contributed by atoms with Gasteiger partial charge in [-0.15, -0.1) is 0 Å². The van der Waals surface area contributed by atoms with Crippen molar-refractivity contribution < 1.29 is 14.4 Å². The predicted octanol–water partition coefficient (Wildman–Crippen LogP) is 5.36. The van der Waals surface area contributed by atoms with Crippen molar-refractivity contribution in [1.29, 1.82) is 0 Å². The van der Waals surface area contributed by atoms with Crippen molar-refractivity contribution in [1.82, 2.24) is 0 Å². The summed E-state index contributed by atoms with van der Waals surface area (Å²) in [6, 6.07) is 0. The van der Waals surface area contributed by atoms with Crippen LogP contribution in [-0.4, -0.2) is 17.3 Å². The van der Waals surface area contributed by atoms with Gasteiger partial charge >= 0.3 is 0 Å². The maximum absolute atomic E-state index is 11.0. The Morgan fingerprint density at radius 2 is 0.733 bits per heavy atom. The fourth-order valence-electron chi connectivity index (χ4n) is 6.74. The van der Waals surface area contributed by atoms with E-state index in [4.69, 9.17) is 0 Å². The van der Waals surface area contributed by atoms with Crippen LogP contribution in [0.4, 0.5) is 0 Å². The summed E-state index contributed by atoms with van der Waals surface area (Å²) in [5, 5.41) is 0. The fourth-order valence-corrected chi connectivity index (χ4v) is 6.74. The number of carbonyl (C=O) groups excluding carboxylic acids is 3. The molecule has 0 aromatic heterocycles. The van der Waals surface area contributed by atoms with Crippen LogP contribution >= 0.6 is 0 Å². The van der Waals surface area contributed by atoms with Crippen molar-refractivity contribution in [2.45, 2.75) is 59.3 Å². The highest BCUT2D eigenvalue weighted by atomic mass is 16.1. The Balaban J connectivity index is 0.000000109. The van der Waals surface area contributed by atoms with E-state index in [1.165, 1.54) is 19.3 Å². The molecule has 6 aliphatic rings. The Bertz CT molecular complexity index is 683. The summed E-state index contributed by atoms with van der Waals surface area (Å²) in [7, 11) is 0. The minimum absolute atomic E-state index is 0.370. The minimum Gasteiger partial charge on any atom is -0.300 e. The van der Waals surface area contributed by atoms with E-state index in [2.05, 4.69) is 36.5 Å². The first-order chi connectivity index (χ1) is 14.3. The van der Waals surface area contributed by atoms with E-state index in [1.54, 1.807) is 20.8 Å². The van der Waals surface area contributed by atoms with Gasteiger partial charge in [-0.05, 0) is 94.8 Å². The van der Waals surface area contributed by atoms with E-state index in [-0.39, 0.29) is 0 Å². The van der Waals surface area contributed by atoms with Crippen molar-refractivity contribution >= 4 is 17.3 Å². The zero-order valence-corrected chi connectivity index (χ0v) is 18.6. The average Bonchev–Trinajstić information content (AvgIpc) is 3.55. The van der Waals surface area contributed by atoms with Crippen LogP contribution in [0.3, 0.4) is 0 Å². The van der Waals surface area contributed by atoms with Crippen LogP contribution in [0, 0.1) is 53.3 Å². The molecular formula is C27H36O3. The third kappa shape index (κ3) is 4.45. The maximum Gasteiger partial charge on any atom is 0.133 e. The van der Waals surface area contributed by atoms with Gasteiger partial charge in [0.15, 0.2) is 0 Å². The Hall–Kier alpha value is -1.77. The monoisotopic (exact) mass is 408 g/mol. The topological polar surface area (TPSA) is 51.2 Å². The average molecular weight is 409 g/mol. The van der Waals surface area contributed by atoms with Gasteiger partial charge in [-0.3, -0.25) is 14.4 Å². The summed E-state index contributed by atoms with van der Waals surface area (Å²) in [5.74, 6) is 6.27. The van der Waals surface area contributed by atoms with Crippen LogP contribution < -0.4 is 0 Å². The molecule has 6 aliphatic carbocycles. The van der Waals surface area contributed by atoms with Crippen molar-refractivity contribution in [3.8, 4) is 0 Å². The van der Waals surface area contributed by atoms with Gasteiger partial charge in [-0.2, -0.15) is 0 Å². The maximum atomic E-state index is 11.0. The molecule has 0 aromatic carbocycles. The quantitative estimate of drug-likeness (QED) is 0.591. The molecule has 0 aliphatic heterocycles. The zero-order chi connectivity index (χ0) is 21.4. The summed E-state index contributed by atoms with van der Waals surface area (Å²) in [4.78, 5) is 33.0. The van der Waals surface area contributed by atoms with Crippen LogP contribution in [0.15, 0.2) is 36.5 Å². The van der Waals surface area contributed by atoms with Gasteiger partial charge in [0.2, 0.25) is 0 Å². The first-order valence-corrected chi connectivity index (χ1v) is 11.9. The van der Waals surface area contributed by atoms with Crippen molar-refractivity contribution in [3.63, 3.8) is 0 Å². The molecule has 3 heteroatoms. The van der Waals surface area contributed by atoms with Crippen molar-refractivity contribution in [3.05, 3.63) is 36.5 Å². The normalized spacial score (nSPS) is 42.7. The zero-order valence-electron chi connectivity index (χ0n) is 18.6. The SMILES string of the molecule is CC(=O)C1CC2C=CC1C2.CC(=O)C1CC2C=CC1C2.CC(=O)C1CC2C=CC1C2. The molecular weight excluding hydrogens is 372 g/mol. The molecule has 30 heavy (non-hydrogen) atoms. The summed E-state index contributed by atoms with van der Waals surface area (Å²) in [6.45, 7) is 5.16. The third-order valence-corrected chi connectivity index (χ3v) is 8.40. The first-order valence-electron chi connectivity index (χ1n) is 11.9. The van der Waals surface area contributed by atoms with Gasteiger partial charge in [-0.25, -0.2) is 0 Å². The summed E-state index contributed by atoms with van der Waals surface area (Å²) < 4.78 is 0. The van der Waals surface area contributed by atoms with E-state index in [0.29, 0.717) is 52.9 Å². The second kappa shape index (κ2) is 8.77. The summed E-state index contributed by atoms with van der Waals surface area (Å²) in [6.07, 6.45) is 20.6. The molecule has 3 saturated carbocycles. The van der Waals surface area contributed by atoms with Gasteiger partial charge in [0.1, 0.15) is 17.3 Å². The molecule has 0 amide bonds. The highest BCUT2D eigenvalue weighted by Gasteiger charge is 2.39. The fraction of sp³-hybridized carbons (Fsp3) is 0.667. The molecule has 162 valence electrons. The lowest BCUT2D eigenvalue weighted by Crippen LogP contribution is -2.15. The third-order valence-electron chi connectivity index (χ3n) is 8.40. The number of rotatable bonds is 3. The van der Waals surface area contributed by atoms with Gasteiger partial charge in [0.25, 0.3) is 0 Å². The Morgan fingerprint density at radius 1 is 0.467 bits per heavy atom. The Morgan fingerprint density at radius 3 is 0.833 bits per heavy atom. The second-order valence-corrected chi connectivity index (χ2v) is 10.5. The molecule has 0 saturated heterocycles. The molecule has 3 fully saturated rings. The molecule has 3 nitrogen and oxygen atoms in total. The van der Waals surface area contributed by atoms with Crippen LogP contribution in [0.1, 0.15) is 59.3 Å². The van der Waals surface area contributed by atoms with Gasteiger partial charge in [0.05, 0.1) is 0 Å². The first kappa shape index (κ1) is 21.5. The van der Waals surface area contributed by atoms with Crippen LogP contribution in [-0.2, 0) is 14.4 Å². The number of ketones is 3. The predicted molar refractivity (Wildman–Crippen MR) is 119 cm³/mol. The van der Waals surface area contributed by atoms with Gasteiger partial charge < -0.3 is 0 Å². The summed E-state index contributed by atoms with van der Waals surface area (Å²) >= 11 is 0. The summed E-state index contributed by atoms with van der Waals surface area (Å²) in [5.41, 5.74) is 0. The molecule has 0 heterocycles. The lowest BCUT2D eigenvalue weighted by Gasteiger charge is -2.13. The van der Waals surface area contributed by atoms with E-state index in [9.17, 15) is 14.4 Å². The van der Waals surface area contributed by atoms with E-state index >= 15 is 0 Å². The molecule has 0 N–H and O–H groups in total. The molecule has 6 rings (SSSR count). The minimum atomic E-state index is 0.370. The number of allylic oxidation sites excluding steroid dienone is 6. The van der Waals surface area contributed by atoms with Crippen LogP contribution in [0.5, 0.6) is 0 Å². The number of hydrogen-bond acceptors (Lipinski definition) is 3. The lowest BCUT2D eigenvalue weighted by molar-refractivity contribution is -0.122. The molecule has 9 atom stereocenters. The number of carbonyl (C=O) groups is 3. The molecule has 0 radical (unpaired) electrons. The van der Waals surface area contributed by atoms with Crippen LogP contribution in [0.2, 0.25) is 0 Å². The smallest absolute Gasteiger partial charge is 0.133 e. The number of fused-ring (bicyclic) bond motifs is 6. The molecule has 9 unspecified atom stereocenters. The number of Topliss-reactive ketones (excluding diaryl/α,β-unsaturated/α-hetero) is 3. The van der Waals surface area contributed by atoms with Gasteiger partial charge in [0, 0.05) is 17.8 Å². The molecule has 0 spiro atoms. The molecule has 0 aromatic rings. The number of hydrogen-bond donors (Lipinski definition) is 0. The van der Waals surface area contributed by atoms with Crippen molar-refractivity contribution in [2.24, 2.45) is 53.3 Å². The molecule has 6 bridgehead atoms. The van der Waals surface area contributed by atoms with E-state index in [0.717, 1.165) is 37.0 Å². The van der Waals surface area contributed by atoms with Gasteiger partial charge in [-0.1, -0.05) is 36.5 Å². The highest BCUT2D eigenvalue weighted by Crippen LogP contribution is 2.45. The Labute approximate surface area is 181 Å². The lowest BCUT2D eigenvalue weighted by atomic mass is 9.90. The Kier molecular flexibility index (Phi) is 6.27. The van der Waals surface area contributed by atoms with Crippen LogP contribution in [0.25, 0.3) is 0 Å². The largest absolute Gasteiger partial charge is 0.300 e.